The van der Waals surface area contributed by atoms with Crippen molar-refractivity contribution in [1.82, 2.24) is 4.98 Å². The molecule has 0 bridgehead atoms. The van der Waals surface area contributed by atoms with Crippen molar-refractivity contribution < 1.29 is 14.3 Å². The minimum atomic E-state index is -0.682. The van der Waals surface area contributed by atoms with Crippen LogP contribution in [0.4, 0.5) is 0 Å². The Kier molecular flexibility index (Phi) is 2.91. The second-order valence-corrected chi connectivity index (χ2v) is 4.20. The predicted molar refractivity (Wildman–Crippen MR) is 71.8 cm³/mol. The van der Waals surface area contributed by atoms with Crippen molar-refractivity contribution in [3.05, 3.63) is 42.1 Å². The van der Waals surface area contributed by atoms with Gasteiger partial charge in [-0.25, -0.2) is 4.79 Å². The van der Waals surface area contributed by atoms with Crippen LogP contribution < -0.4 is 4.74 Å². The van der Waals surface area contributed by atoms with E-state index in [0.29, 0.717) is 12.4 Å². The molecule has 19 heavy (non-hydrogen) atoms. The average Bonchev–Trinajstić information content (AvgIpc) is 2.47. The number of ether oxygens (including phenoxy) is 2. The van der Waals surface area contributed by atoms with Gasteiger partial charge in [-0.3, -0.25) is 4.98 Å². The maximum atomic E-state index is 11.7. The first-order valence-electron chi connectivity index (χ1n) is 6.19. The highest BCUT2D eigenvalue weighted by Gasteiger charge is 2.24. The average molecular weight is 255 g/mol. The summed E-state index contributed by atoms with van der Waals surface area (Å²) in [5, 5.41) is 0.902. The standard InChI is InChI=1S/C15H13NO3/c1-2-18-15(17)13-8-6-10-5-7-12-11(14(10)19-13)4-3-9-16-12/h3-9,13H,2H2,1H3. The molecule has 1 aliphatic rings. The van der Waals surface area contributed by atoms with Gasteiger partial charge in [0, 0.05) is 17.1 Å². The van der Waals surface area contributed by atoms with Crippen molar-refractivity contribution in [3.8, 4) is 5.75 Å². The van der Waals surface area contributed by atoms with Crippen molar-refractivity contribution in [2.24, 2.45) is 0 Å². The molecule has 1 aromatic carbocycles. The maximum Gasteiger partial charge on any atom is 0.351 e. The van der Waals surface area contributed by atoms with Gasteiger partial charge in [-0.15, -0.1) is 0 Å². The molecule has 0 saturated carbocycles. The third-order valence-corrected chi connectivity index (χ3v) is 2.98. The Labute approximate surface area is 110 Å². The number of aromatic nitrogens is 1. The molecule has 0 saturated heterocycles. The molecule has 0 aliphatic carbocycles. The van der Waals surface area contributed by atoms with Gasteiger partial charge in [0.2, 0.25) is 6.10 Å². The van der Waals surface area contributed by atoms with Crippen LogP contribution in [0.2, 0.25) is 0 Å². The molecule has 0 radical (unpaired) electrons. The summed E-state index contributed by atoms with van der Waals surface area (Å²) in [4.78, 5) is 16.0. The number of benzene rings is 1. The van der Waals surface area contributed by atoms with E-state index < -0.39 is 6.10 Å². The topological polar surface area (TPSA) is 48.4 Å². The molecule has 1 aliphatic heterocycles. The quantitative estimate of drug-likeness (QED) is 0.774. The second kappa shape index (κ2) is 4.72. The van der Waals surface area contributed by atoms with E-state index >= 15 is 0 Å². The van der Waals surface area contributed by atoms with E-state index in [2.05, 4.69) is 4.98 Å². The summed E-state index contributed by atoms with van der Waals surface area (Å²) < 4.78 is 10.7. The summed E-state index contributed by atoms with van der Waals surface area (Å²) in [5.74, 6) is 0.316. The Morgan fingerprint density at radius 2 is 2.32 bits per heavy atom. The second-order valence-electron chi connectivity index (χ2n) is 4.20. The fraction of sp³-hybridized carbons (Fsp3) is 0.200. The number of hydrogen-bond acceptors (Lipinski definition) is 4. The highest BCUT2D eigenvalue weighted by Crippen LogP contribution is 2.33. The van der Waals surface area contributed by atoms with Crippen LogP contribution in [0.15, 0.2) is 36.5 Å². The molecule has 0 spiro atoms. The van der Waals surface area contributed by atoms with Crippen LogP contribution in [0.25, 0.3) is 17.0 Å². The third-order valence-electron chi connectivity index (χ3n) is 2.98. The summed E-state index contributed by atoms with van der Waals surface area (Å²) in [6.07, 6.45) is 4.64. The molecule has 0 N–H and O–H groups in total. The van der Waals surface area contributed by atoms with Gasteiger partial charge in [0.15, 0.2) is 0 Å². The van der Waals surface area contributed by atoms with E-state index in [1.807, 2.05) is 30.3 Å². The van der Waals surface area contributed by atoms with E-state index in [0.717, 1.165) is 16.5 Å². The van der Waals surface area contributed by atoms with Gasteiger partial charge in [-0.1, -0.05) is 6.08 Å². The minimum absolute atomic E-state index is 0.344. The number of pyridine rings is 1. The molecule has 1 aromatic heterocycles. The van der Waals surface area contributed by atoms with Crippen molar-refractivity contribution in [3.63, 3.8) is 0 Å². The summed E-state index contributed by atoms with van der Waals surface area (Å²) in [7, 11) is 0. The Hall–Kier alpha value is -2.36. The zero-order valence-electron chi connectivity index (χ0n) is 10.5. The smallest absolute Gasteiger partial charge is 0.351 e. The number of fused-ring (bicyclic) bond motifs is 3. The zero-order chi connectivity index (χ0) is 13.2. The fourth-order valence-corrected chi connectivity index (χ4v) is 2.11. The molecule has 4 nitrogen and oxygen atoms in total. The van der Waals surface area contributed by atoms with Gasteiger partial charge in [0.1, 0.15) is 5.75 Å². The normalized spacial score (nSPS) is 16.8. The summed E-state index contributed by atoms with van der Waals surface area (Å²) in [6.45, 7) is 2.12. The number of carbonyl (C=O) groups excluding carboxylic acids is 1. The molecule has 0 amide bonds. The first kappa shape index (κ1) is 11.7. The first-order chi connectivity index (χ1) is 9.29. The Bertz CT molecular complexity index is 663. The molecular formula is C15H13NO3. The van der Waals surface area contributed by atoms with E-state index in [1.54, 1.807) is 19.2 Å². The lowest BCUT2D eigenvalue weighted by Gasteiger charge is -2.21. The number of carbonyl (C=O) groups is 1. The summed E-state index contributed by atoms with van der Waals surface area (Å²) >= 11 is 0. The number of hydrogen-bond donors (Lipinski definition) is 0. The molecule has 1 atom stereocenters. The van der Waals surface area contributed by atoms with Crippen LogP contribution in [0.1, 0.15) is 12.5 Å². The molecule has 4 heteroatoms. The molecule has 1 unspecified atom stereocenters. The van der Waals surface area contributed by atoms with Crippen molar-refractivity contribution in [1.29, 1.82) is 0 Å². The number of rotatable bonds is 2. The molecule has 96 valence electrons. The van der Waals surface area contributed by atoms with E-state index in [-0.39, 0.29) is 5.97 Å². The fourth-order valence-electron chi connectivity index (χ4n) is 2.11. The van der Waals surface area contributed by atoms with Gasteiger partial charge in [-0.2, -0.15) is 0 Å². The van der Waals surface area contributed by atoms with E-state index in [1.165, 1.54) is 0 Å². The van der Waals surface area contributed by atoms with Gasteiger partial charge < -0.3 is 9.47 Å². The lowest BCUT2D eigenvalue weighted by atomic mass is 10.1. The molecule has 0 fully saturated rings. The largest absolute Gasteiger partial charge is 0.473 e. The monoisotopic (exact) mass is 255 g/mol. The summed E-state index contributed by atoms with van der Waals surface area (Å²) in [5.41, 5.74) is 1.79. The van der Waals surface area contributed by atoms with Gasteiger partial charge in [0.25, 0.3) is 0 Å². The lowest BCUT2D eigenvalue weighted by molar-refractivity contribution is -0.149. The van der Waals surface area contributed by atoms with Crippen molar-refractivity contribution in [2.75, 3.05) is 6.61 Å². The van der Waals surface area contributed by atoms with Crippen LogP contribution in [0.5, 0.6) is 5.75 Å². The van der Waals surface area contributed by atoms with Crippen LogP contribution in [-0.4, -0.2) is 23.7 Å². The molecule has 2 heterocycles. The van der Waals surface area contributed by atoms with Crippen LogP contribution in [0.3, 0.4) is 0 Å². The predicted octanol–water partition coefficient (Wildman–Crippen LogP) is 2.57. The van der Waals surface area contributed by atoms with E-state index in [4.69, 9.17) is 9.47 Å². The molecule has 3 rings (SSSR count). The lowest BCUT2D eigenvalue weighted by Crippen LogP contribution is -2.29. The van der Waals surface area contributed by atoms with E-state index in [9.17, 15) is 4.79 Å². The van der Waals surface area contributed by atoms with Crippen LogP contribution in [-0.2, 0) is 9.53 Å². The Morgan fingerprint density at radius 3 is 3.16 bits per heavy atom. The Morgan fingerprint density at radius 1 is 1.42 bits per heavy atom. The van der Waals surface area contributed by atoms with Gasteiger partial charge in [-0.05, 0) is 37.3 Å². The SMILES string of the molecule is CCOC(=O)C1C=Cc2ccc3ncccc3c2O1. The van der Waals surface area contributed by atoms with Crippen LogP contribution >= 0.6 is 0 Å². The third kappa shape index (κ3) is 2.05. The Balaban J connectivity index is 2.03. The maximum absolute atomic E-state index is 11.7. The van der Waals surface area contributed by atoms with Crippen LogP contribution in [0, 0.1) is 0 Å². The highest BCUT2D eigenvalue weighted by molar-refractivity contribution is 5.91. The minimum Gasteiger partial charge on any atom is -0.473 e. The number of esters is 1. The molecule has 2 aromatic rings. The van der Waals surface area contributed by atoms with Crippen molar-refractivity contribution in [2.45, 2.75) is 13.0 Å². The van der Waals surface area contributed by atoms with Gasteiger partial charge >= 0.3 is 5.97 Å². The summed E-state index contributed by atoms with van der Waals surface area (Å²) in [6, 6.07) is 7.65. The number of nitrogens with zero attached hydrogens (tertiary/aromatic N) is 1. The van der Waals surface area contributed by atoms with Crippen molar-refractivity contribution >= 4 is 22.9 Å². The first-order valence-corrected chi connectivity index (χ1v) is 6.19. The molecular weight excluding hydrogens is 242 g/mol. The zero-order valence-corrected chi connectivity index (χ0v) is 10.5. The highest BCUT2D eigenvalue weighted by atomic mass is 16.6. The van der Waals surface area contributed by atoms with Gasteiger partial charge in [0.05, 0.1) is 12.1 Å².